The number of amides is 1. The maximum Gasteiger partial charge on any atom is 0.250 e. The van der Waals surface area contributed by atoms with Crippen molar-refractivity contribution in [2.45, 2.75) is 6.92 Å². The van der Waals surface area contributed by atoms with Gasteiger partial charge in [0.05, 0.1) is 6.54 Å². The number of carbonyl (C=O) groups excluding carboxylic acids is 1. The van der Waals surface area contributed by atoms with Gasteiger partial charge in [-0.2, -0.15) is 0 Å². The first kappa shape index (κ1) is 13.7. The Hall–Kier alpha value is -2.36. The molecule has 0 saturated carbocycles. The zero-order chi connectivity index (χ0) is 13.4. The van der Waals surface area contributed by atoms with Crippen LogP contribution in [-0.4, -0.2) is 18.4 Å². The van der Waals surface area contributed by atoms with Crippen LogP contribution in [-0.2, 0) is 4.79 Å². The number of hydrogen-bond acceptors (Lipinski definition) is 2. The Morgan fingerprint density at radius 3 is 2.89 bits per heavy atom. The summed E-state index contributed by atoms with van der Waals surface area (Å²) in [7, 11) is 0. The molecule has 1 rings (SSSR count). The number of nitrogens with one attached hydrogen (secondary N) is 1. The van der Waals surface area contributed by atoms with Crippen LogP contribution < -0.4 is 11.1 Å². The van der Waals surface area contributed by atoms with Crippen molar-refractivity contribution in [2.24, 2.45) is 10.7 Å². The van der Waals surface area contributed by atoms with Gasteiger partial charge >= 0.3 is 0 Å². The number of aliphatic imine (C=N–C) groups is 1. The molecule has 18 heavy (non-hydrogen) atoms. The minimum atomic E-state index is -0.302. The third-order valence-corrected chi connectivity index (χ3v) is 2.24. The molecule has 0 atom stereocenters. The van der Waals surface area contributed by atoms with Gasteiger partial charge in [-0.1, -0.05) is 30.3 Å². The van der Waals surface area contributed by atoms with E-state index in [9.17, 15) is 4.79 Å². The number of hydrogen-bond donors (Lipinski definition) is 2. The van der Waals surface area contributed by atoms with Gasteiger partial charge in [-0.3, -0.25) is 10.1 Å². The summed E-state index contributed by atoms with van der Waals surface area (Å²) >= 11 is 0. The number of guanidine groups is 1. The standard InChI is InChI=1S/C14H17N3O/c1-3-10-16-14(15)17-13(18)9-8-12-7-5-4-6-11(12)2/h3-9H,1,10H2,2H3,(H3,15,16,17,18)/b9-8+. The maximum absolute atomic E-state index is 11.5. The predicted octanol–water partition coefficient (Wildman–Crippen LogP) is 1.63. The fraction of sp³-hybridized carbons (Fsp3) is 0.143. The number of nitrogens with two attached hydrogens (primary N) is 1. The lowest BCUT2D eigenvalue weighted by Crippen LogP contribution is -2.35. The van der Waals surface area contributed by atoms with Crippen molar-refractivity contribution < 1.29 is 4.79 Å². The van der Waals surface area contributed by atoms with Crippen molar-refractivity contribution in [3.63, 3.8) is 0 Å². The lowest BCUT2D eigenvalue weighted by Gasteiger charge is -2.01. The zero-order valence-electron chi connectivity index (χ0n) is 10.4. The average Bonchev–Trinajstić information content (AvgIpc) is 2.35. The van der Waals surface area contributed by atoms with Crippen LogP contribution >= 0.6 is 0 Å². The summed E-state index contributed by atoms with van der Waals surface area (Å²) in [4.78, 5) is 15.4. The Bertz CT molecular complexity index is 490. The van der Waals surface area contributed by atoms with Crippen LogP contribution in [0.25, 0.3) is 6.08 Å². The van der Waals surface area contributed by atoms with Gasteiger partial charge in [0, 0.05) is 6.08 Å². The molecule has 0 fully saturated rings. The highest BCUT2D eigenvalue weighted by Gasteiger charge is 1.98. The SMILES string of the molecule is C=CCN=C(N)NC(=O)/C=C/c1ccccc1C. The summed E-state index contributed by atoms with van der Waals surface area (Å²) in [6.45, 7) is 5.87. The Labute approximate surface area is 107 Å². The minimum Gasteiger partial charge on any atom is -0.370 e. The molecule has 4 heteroatoms. The summed E-state index contributed by atoms with van der Waals surface area (Å²) in [5.74, 6) is -0.210. The van der Waals surface area contributed by atoms with E-state index in [1.54, 1.807) is 12.2 Å². The molecule has 94 valence electrons. The molecule has 1 aromatic carbocycles. The van der Waals surface area contributed by atoms with E-state index in [1.807, 2.05) is 31.2 Å². The molecule has 0 spiro atoms. The molecule has 1 amide bonds. The molecule has 4 nitrogen and oxygen atoms in total. The molecule has 0 aliphatic rings. The third-order valence-electron chi connectivity index (χ3n) is 2.24. The molecule has 0 radical (unpaired) electrons. The molecule has 0 aliphatic carbocycles. The summed E-state index contributed by atoms with van der Waals surface area (Å²) in [5, 5.41) is 2.46. The summed E-state index contributed by atoms with van der Waals surface area (Å²) < 4.78 is 0. The largest absolute Gasteiger partial charge is 0.370 e. The second kappa shape index (κ2) is 7.06. The van der Waals surface area contributed by atoms with E-state index in [0.717, 1.165) is 11.1 Å². The van der Waals surface area contributed by atoms with Crippen molar-refractivity contribution >= 4 is 17.9 Å². The zero-order valence-corrected chi connectivity index (χ0v) is 10.4. The van der Waals surface area contributed by atoms with Crippen LogP contribution in [0.2, 0.25) is 0 Å². The molecule has 0 heterocycles. The maximum atomic E-state index is 11.5. The molecule has 1 aromatic rings. The van der Waals surface area contributed by atoms with E-state index in [-0.39, 0.29) is 11.9 Å². The third kappa shape index (κ3) is 4.65. The number of benzene rings is 1. The Morgan fingerprint density at radius 2 is 2.22 bits per heavy atom. The molecule has 0 aromatic heterocycles. The summed E-state index contributed by atoms with van der Waals surface area (Å²) in [5.41, 5.74) is 7.60. The molecular weight excluding hydrogens is 226 g/mol. The van der Waals surface area contributed by atoms with Crippen LogP contribution in [0.1, 0.15) is 11.1 Å². The van der Waals surface area contributed by atoms with Gasteiger partial charge in [0.2, 0.25) is 0 Å². The molecular formula is C14H17N3O. The highest BCUT2D eigenvalue weighted by atomic mass is 16.1. The fourth-order valence-corrected chi connectivity index (χ4v) is 1.31. The second-order valence-corrected chi connectivity index (χ2v) is 3.69. The number of carbonyl (C=O) groups is 1. The van der Waals surface area contributed by atoms with E-state index in [0.29, 0.717) is 6.54 Å². The Kier molecular flexibility index (Phi) is 5.38. The van der Waals surface area contributed by atoms with E-state index in [4.69, 9.17) is 5.73 Å². The van der Waals surface area contributed by atoms with Gasteiger partial charge in [-0.15, -0.1) is 6.58 Å². The van der Waals surface area contributed by atoms with Crippen LogP contribution in [0.3, 0.4) is 0 Å². The fourth-order valence-electron chi connectivity index (χ4n) is 1.31. The van der Waals surface area contributed by atoms with Crippen molar-refractivity contribution in [3.05, 3.63) is 54.1 Å². The monoisotopic (exact) mass is 243 g/mol. The molecule has 0 aliphatic heterocycles. The quantitative estimate of drug-likeness (QED) is 0.365. The van der Waals surface area contributed by atoms with Crippen molar-refractivity contribution in [1.29, 1.82) is 0 Å². The highest BCUT2D eigenvalue weighted by Crippen LogP contribution is 2.08. The van der Waals surface area contributed by atoms with Gasteiger partial charge in [-0.05, 0) is 24.1 Å². The lowest BCUT2D eigenvalue weighted by atomic mass is 10.1. The Morgan fingerprint density at radius 1 is 1.50 bits per heavy atom. The molecule has 0 bridgehead atoms. The van der Waals surface area contributed by atoms with Gasteiger partial charge in [0.1, 0.15) is 0 Å². The van der Waals surface area contributed by atoms with Crippen molar-refractivity contribution in [2.75, 3.05) is 6.54 Å². The van der Waals surface area contributed by atoms with Crippen LogP contribution in [0.15, 0.2) is 48.0 Å². The first-order valence-electron chi connectivity index (χ1n) is 5.59. The van der Waals surface area contributed by atoms with Gasteiger partial charge in [0.15, 0.2) is 5.96 Å². The highest BCUT2D eigenvalue weighted by molar-refractivity contribution is 6.03. The first-order valence-corrected chi connectivity index (χ1v) is 5.59. The second-order valence-electron chi connectivity index (χ2n) is 3.69. The smallest absolute Gasteiger partial charge is 0.250 e. The van der Waals surface area contributed by atoms with Crippen molar-refractivity contribution in [3.8, 4) is 0 Å². The average molecular weight is 243 g/mol. The van der Waals surface area contributed by atoms with Crippen molar-refractivity contribution in [1.82, 2.24) is 5.32 Å². The number of aryl methyl sites for hydroxylation is 1. The number of rotatable bonds is 4. The van der Waals surface area contributed by atoms with Gasteiger partial charge in [-0.25, -0.2) is 4.99 Å². The topological polar surface area (TPSA) is 67.5 Å². The van der Waals surface area contributed by atoms with E-state index in [1.165, 1.54) is 6.08 Å². The Balaban J connectivity index is 2.60. The molecule has 0 unspecified atom stereocenters. The van der Waals surface area contributed by atoms with Crippen LogP contribution in [0.4, 0.5) is 0 Å². The summed E-state index contributed by atoms with van der Waals surface area (Å²) in [6, 6.07) is 7.79. The molecule has 3 N–H and O–H groups in total. The van der Waals surface area contributed by atoms with E-state index in [2.05, 4.69) is 16.9 Å². The lowest BCUT2D eigenvalue weighted by molar-refractivity contribution is -0.115. The van der Waals surface area contributed by atoms with E-state index < -0.39 is 0 Å². The minimum absolute atomic E-state index is 0.0920. The predicted molar refractivity (Wildman–Crippen MR) is 75.0 cm³/mol. The normalized spacial score (nSPS) is 11.5. The van der Waals surface area contributed by atoms with Crippen LogP contribution in [0.5, 0.6) is 0 Å². The molecule has 0 saturated heterocycles. The summed E-state index contributed by atoms with van der Waals surface area (Å²) in [6.07, 6.45) is 4.77. The van der Waals surface area contributed by atoms with Gasteiger partial charge in [0.25, 0.3) is 5.91 Å². The van der Waals surface area contributed by atoms with Gasteiger partial charge < -0.3 is 5.73 Å². The first-order chi connectivity index (χ1) is 8.63. The van der Waals surface area contributed by atoms with Crippen LogP contribution in [0, 0.1) is 6.92 Å². The van der Waals surface area contributed by atoms with E-state index >= 15 is 0 Å². The number of nitrogens with zero attached hydrogens (tertiary/aromatic N) is 1.